The lowest BCUT2D eigenvalue weighted by atomic mass is 10.1. The van der Waals surface area contributed by atoms with Crippen LogP contribution in [-0.2, 0) is 9.47 Å². The zero-order chi connectivity index (χ0) is 18.0. The number of carbonyl (C=O) groups is 2. The molecule has 7 heteroatoms. The van der Waals surface area contributed by atoms with Gasteiger partial charge in [0.25, 0.3) is 5.91 Å². The topological polar surface area (TPSA) is 73.7 Å². The second-order valence-electron chi connectivity index (χ2n) is 6.49. The molecule has 25 heavy (non-hydrogen) atoms. The number of methoxy groups -OCH3 is 1. The smallest absolute Gasteiger partial charge is 0.358 e. The molecular weight excluding hydrogens is 322 g/mol. The predicted molar refractivity (Wildman–Crippen MR) is 90.8 cm³/mol. The minimum absolute atomic E-state index is 0.0993. The second-order valence-corrected chi connectivity index (χ2v) is 6.49. The van der Waals surface area contributed by atoms with E-state index >= 15 is 0 Å². The number of hydrogen-bond donors (Lipinski definition) is 0. The van der Waals surface area contributed by atoms with Crippen molar-refractivity contribution in [3.8, 4) is 5.69 Å². The van der Waals surface area contributed by atoms with E-state index in [-0.39, 0.29) is 11.6 Å². The standard InChI is InChI=1S/C18H21N3O4/c1-18(2)12-20(9-10-25-18)16(22)15-11-14(17(23)24-3)19-21(15)13-7-5-4-6-8-13/h4-8,11H,9-10,12H2,1-3H3. The van der Waals surface area contributed by atoms with E-state index in [0.717, 1.165) is 0 Å². The molecular formula is C18H21N3O4. The maximum atomic E-state index is 13.1. The van der Waals surface area contributed by atoms with Crippen molar-refractivity contribution in [2.75, 3.05) is 26.8 Å². The van der Waals surface area contributed by atoms with E-state index in [1.54, 1.807) is 4.90 Å². The third kappa shape index (κ3) is 3.56. The van der Waals surface area contributed by atoms with E-state index in [4.69, 9.17) is 9.47 Å². The highest BCUT2D eigenvalue weighted by atomic mass is 16.5. The molecule has 0 unspecified atom stereocenters. The van der Waals surface area contributed by atoms with Crippen molar-refractivity contribution in [2.45, 2.75) is 19.4 Å². The van der Waals surface area contributed by atoms with Crippen LogP contribution in [0, 0.1) is 0 Å². The van der Waals surface area contributed by atoms with Crippen LogP contribution >= 0.6 is 0 Å². The summed E-state index contributed by atoms with van der Waals surface area (Å²) in [6.07, 6.45) is 0. The first kappa shape index (κ1) is 17.2. The summed E-state index contributed by atoms with van der Waals surface area (Å²) < 4.78 is 11.9. The molecule has 1 saturated heterocycles. The maximum absolute atomic E-state index is 13.1. The van der Waals surface area contributed by atoms with Gasteiger partial charge in [-0.05, 0) is 26.0 Å². The fourth-order valence-electron chi connectivity index (χ4n) is 2.86. The molecule has 7 nitrogen and oxygen atoms in total. The van der Waals surface area contributed by atoms with Gasteiger partial charge in [0, 0.05) is 19.2 Å². The van der Waals surface area contributed by atoms with Gasteiger partial charge in [0.05, 0.1) is 25.0 Å². The Bertz CT molecular complexity index is 783. The van der Waals surface area contributed by atoms with Gasteiger partial charge >= 0.3 is 5.97 Å². The zero-order valence-corrected chi connectivity index (χ0v) is 14.6. The molecule has 1 aromatic heterocycles. The molecule has 0 N–H and O–H groups in total. The van der Waals surface area contributed by atoms with Crippen LogP contribution in [0.4, 0.5) is 0 Å². The summed E-state index contributed by atoms with van der Waals surface area (Å²) in [5.41, 5.74) is 0.719. The molecule has 132 valence electrons. The summed E-state index contributed by atoms with van der Waals surface area (Å²) in [6.45, 7) is 5.33. The number of para-hydroxylation sites is 1. The van der Waals surface area contributed by atoms with Gasteiger partial charge < -0.3 is 14.4 Å². The fraction of sp³-hybridized carbons (Fsp3) is 0.389. The number of ether oxygens (including phenoxy) is 2. The minimum Gasteiger partial charge on any atom is -0.464 e. The van der Waals surface area contributed by atoms with Crippen LogP contribution in [0.25, 0.3) is 5.69 Å². The van der Waals surface area contributed by atoms with Crippen LogP contribution in [0.5, 0.6) is 0 Å². The molecule has 2 heterocycles. The van der Waals surface area contributed by atoms with Crippen LogP contribution < -0.4 is 0 Å². The Kier molecular flexibility index (Phi) is 4.59. The van der Waals surface area contributed by atoms with Crippen molar-refractivity contribution in [3.05, 3.63) is 47.8 Å². The Morgan fingerprint density at radius 3 is 2.60 bits per heavy atom. The molecule has 2 aromatic rings. The Balaban J connectivity index is 2.00. The molecule has 0 bridgehead atoms. The van der Waals surface area contributed by atoms with E-state index in [1.807, 2.05) is 44.2 Å². The number of morpholine rings is 1. The number of amides is 1. The number of carbonyl (C=O) groups excluding carboxylic acids is 2. The number of hydrogen-bond acceptors (Lipinski definition) is 5. The monoisotopic (exact) mass is 343 g/mol. The highest BCUT2D eigenvalue weighted by Gasteiger charge is 2.32. The lowest BCUT2D eigenvalue weighted by molar-refractivity contribution is -0.0765. The third-order valence-corrected chi connectivity index (χ3v) is 4.04. The molecule has 0 atom stereocenters. The Labute approximate surface area is 146 Å². The summed E-state index contributed by atoms with van der Waals surface area (Å²) >= 11 is 0. The SMILES string of the molecule is COC(=O)c1cc(C(=O)N2CCOC(C)(C)C2)n(-c2ccccc2)n1. The fourth-order valence-corrected chi connectivity index (χ4v) is 2.86. The van der Waals surface area contributed by atoms with Gasteiger partial charge in [-0.1, -0.05) is 18.2 Å². The van der Waals surface area contributed by atoms with Crippen LogP contribution in [0.3, 0.4) is 0 Å². The van der Waals surface area contributed by atoms with Gasteiger partial charge in [-0.2, -0.15) is 5.10 Å². The number of aromatic nitrogens is 2. The van der Waals surface area contributed by atoms with Gasteiger partial charge in [0.1, 0.15) is 5.69 Å². The van der Waals surface area contributed by atoms with Crippen LogP contribution in [0.1, 0.15) is 34.8 Å². The Hall–Kier alpha value is -2.67. The third-order valence-electron chi connectivity index (χ3n) is 4.04. The van der Waals surface area contributed by atoms with Crippen LogP contribution in [-0.4, -0.2) is 59.0 Å². The summed E-state index contributed by atoms with van der Waals surface area (Å²) in [5.74, 6) is -0.770. The summed E-state index contributed by atoms with van der Waals surface area (Å²) in [4.78, 5) is 26.7. The molecule has 1 aliphatic heterocycles. The largest absolute Gasteiger partial charge is 0.464 e. The van der Waals surface area contributed by atoms with Crippen molar-refractivity contribution in [3.63, 3.8) is 0 Å². The van der Waals surface area contributed by atoms with E-state index in [2.05, 4.69) is 5.10 Å². The van der Waals surface area contributed by atoms with E-state index < -0.39 is 11.6 Å². The molecule has 0 saturated carbocycles. The average Bonchev–Trinajstić information content (AvgIpc) is 3.05. The number of rotatable bonds is 3. The summed E-state index contributed by atoms with van der Waals surface area (Å²) in [6, 6.07) is 10.7. The molecule has 0 radical (unpaired) electrons. The summed E-state index contributed by atoms with van der Waals surface area (Å²) in [5, 5.41) is 4.27. The van der Waals surface area contributed by atoms with E-state index in [1.165, 1.54) is 17.9 Å². The van der Waals surface area contributed by atoms with E-state index in [9.17, 15) is 9.59 Å². The lowest BCUT2D eigenvalue weighted by Gasteiger charge is -2.38. The predicted octanol–water partition coefficient (Wildman–Crippen LogP) is 1.91. The van der Waals surface area contributed by atoms with Crippen molar-refractivity contribution >= 4 is 11.9 Å². The van der Waals surface area contributed by atoms with Crippen molar-refractivity contribution in [1.82, 2.24) is 14.7 Å². The van der Waals surface area contributed by atoms with Crippen molar-refractivity contribution < 1.29 is 19.1 Å². The van der Waals surface area contributed by atoms with Gasteiger partial charge in [0.2, 0.25) is 0 Å². The first-order valence-electron chi connectivity index (χ1n) is 8.08. The van der Waals surface area contributed by atoms with Gasteiger partial charge in [-0.15, -0.1) is 0 Å². The quantitative estimate of drug-likeness (QED) is 0.796. The number of nitrogens with zero attached hydrogens (tertiary/aromatic N) is 3. The average molecular weight is 343 g/mol. The minimum atomic E-state index is -0.578. The number of benzene rings is 1. The highest BCUT2D eigenvalue weighted by Crippen LogP contribution is 2.21. The first-order chi connectivity index (χ1) is 11.9. The van der Waals surface area contributed by atoms with Gasteiger partial charge in [-0.3, -0.25) is 4.79 Å². The normalized spacial score (nSPS) is 16.5. The van der Waals surface area contributed by atoms with Gasteiger partial charge in [-0.25, -0.2) is 9.48 Å². The lowest BCUT2D eigenvalue weighted by Crippen LogP contribution is -2.50. The molecule has 3 rings (SSSR count). The number of esters is 1. The summed E-state index contributed by atoms with van der Waals surface area (Å²) in [7, 11) is 1.29. The Morgan fingerprint density at radius 2 is 1.96 bits per heavy atom. The molecule has 1 amide bonds. The molecule has 0 spiro atoms. The molecule has 1 aromatic carbocycles. The first-order valence-corrected chi connectivity index (χ1v) is 8.08. The van der Waals surface area contributed by atoms with Gasteiger partial charge in [0.15, 0.2) is 5.69 Å². The van der Waals surface area contributed by atoms with Crippen molar-refractivity contribution in [2.24, 2.45) is 0 Å². The molecule has 1 fully saturated rings. The Morgan fingerprint density at radius 1 is 1.24 bits per heavy atom. The van der Waals surface area contributed by atoms with Crippen LogP contribution in [0.2, 0.25) is 0 Å². The van der Waals surface area contributed by atoms with E-state index in [0.29, 0.717) is 31.1 Å². The van der Waals surface area contributed by atoms with Crippen molar-refractivity contribution in [1.29, 1.82) is 0 Å². The van der Waals surface area contributed by atoms with Crippen LogP contribution in [0.15, 0.2) is 36.4 Å². The molecule has 0 aliphatic carbocycles. The zero-order valence-electron chi connectivity index (χ0n) is 14.6. The molecule has 1 aliphatic rings. The second kappa shape index (κ2) is 6.68. The maximum Gasteiger partial charge on any atom is 0.358 e. The highest BCUT2D eigenvalue weighted by molar-refractivity contribution is 5.96.